The van der Waals surface area contributed by atoms with Crippen LogP contribution in [0, 0.1) is 0 Å². The van der Waals surface area contributed by atoms with Crippen LogP contribution >= 0.6 is 22.7 Å². The Morgan fingerprint density at radius 1 is 1.17 bits per heavy atom. The molecule has 0 aromatic carbocycles. The Labute approximate surface area is 183 Å². The second-order valence-corrected chi connectivity index (χ2v) is 10.3. The first kappa shape index (κ1) is 19.8. The van der Waals surface area contributed by atoms with E-state index in [1.54, 1.807) is 22.7 Å². The van der Waals surface area contributed by atoms with Gasteiger partial charge in [0.15, 0.2) is 0 Å². The number of hydrogen-bond acceptors (Lipinski definition) is 5. The molecule has 158 valence electrons. The summed E-state index contributed by atoms with van der Waals surface area (Å²) in [6, 6.07) is 5.94. The maximum Gasteiger partial charge on any atom is 0.325 e. The van der Waals surface area contributed by atoms with E-state index < -0.39 is 5.54 Å². The Bertz CT molecular complexity index is 962. The van der Waals surface area contributed by atoms with E-state index >= 15 is 0 Å². The third kappa shape index (κ3) is 3.26. The average Bonchev–Trinajstić information content (AvgIpc) is 3.53. The predicted octanol–water partition coefficient (Wildman–Crippen LogP) is 3.93. The van der Waals surface area contributed by atoms with Crippen LogP contribution in [0.5, 0.6) is 0 Å². The summed E-state index contributed by atoms with van der Waals surface area (Å²) in [5.41, 5.74) is 0.562. The lowest BCUT2D eigenvalue weighted by Gasteiger charge is -2.35. The lowest BCUT2D eigenvalue weighted by Crippen LogP contribution is -2.44. The summed E-state index contributed by atoms with van der Waals surface area (Å²) in [6.45, 7) is 1.01. The van der Waals surface area contributed by atoms with Crippen LogP contribution in [0.4, 0.5) is 4.79 Å². The van der Waals surface area contributed by atoms with Crippen molar-refractivity contribution in [2.75, 3.05) is 13.1 Å². The van der Waals surface area contributed by atoms with Crippen LogP contribution in [0.2, 0.25) is 0 Å². The van der Waals surface area contributed by atoms with Gasteiger partial charge in [0.2, 0.25) is 5.91 Å². The maximum absolute atomic E-state index is 13.2. The third-order valence-corrected chi connectivity index (χ3v) is 8.50. The SMILES string of the molecule is O=C1NC2(CCCC2)C(=O)N1CCCC(=O)N1CCc2sccc2[C@H]1c1cccs1. The molecule has 1 saturated carbocycles. The lowest BCUT2D eigenvalue weighted by molar-refractivity contribution is -0.134. The number of imide groups is 1. The number of hydrogen-bond donors (Lipinski definition) is 1. The number of carbonyl (C=O) groups excluding carboxylic acids is 3. The average molecular weight is 444 g/mol. The van der Waals surface area contributed by atoms with Crippen LogP contribution in [0.1, 0.15) is 59.9 Å². The molecule has 0 bridgehead atoms. The van der Waals surface area contributed by atoms with Crippen molar-refractivity contribution in [2.24, 2.45) is 0 Å². The van der Waals surface area contributed by atoms with Gasteiger partial charge in [0.05, 0.1) is 6.04 Å². The number of carbonyl (C=O) groups is 3. The van der Waals surface area contributed by atoms with Gasteiger partial charge in [0, 0.05) is 29.3 Å². The molecule has 1 N–H and O–H groups in total. The molecule has 1 spiro atoms. The standard InChI is InChI=1S/C22H25N3O3S2/c26-18(6-3-11-25-20(27)22(23-21(25)28)9-1-2-10-22)24-12-7-16-15(8-14-30-16)19(24)17-5-4-13-29-17/h4-5,8,13-14,19H,1-3,6-7,9-12H2,(H,23,28)/t19-/m0/s1. The van der Waals surface area contributed by atoms with E-state index in [2.05, 4.69) is 28.2 Å². The van der Waals surface area contributed by atoms with Crippen LogP contribution in [0.3, 0.4) is 0 Å². The third-order valence-electron chi connectivity index (χ3n) is 6.57. The second-order valence-electron chi connectivity index (χ2n) is 8.33. The van der Waals surface area contributed by atoms with Crippen LogP contribution in [0.15, 0.2) is 29.0 Å². The van der Waals surface area contributed by atoms with E-state index in [1.165, 1.54) is 20.2 Å². The smallest absolute Gasteiger partial charge is 0.325 e. The number of thiophene rings is 2. The second kappa shape index (κ2) is 7.81. The molecule has 0 unspecified atom stereocenters. The highest BCUT2D eigenvalue weighted by atomic mass is 32.1. The number of urea groups is 1. The van der Waals surface area contributed by atoms with Crippen molar-refractivity contribution in [3.05, 3.63) is 44.3 Å². The van der Waals surface area contributed by atoms with Gasteiger partial charge in [-0.2, -0.15) is 0 Å². The molecule has 2 aromatic heterocycles. The predicted molar refractivity (Wildman–Crippen MR) is 117 cm³/mol. The minimum absolute atomic E-state index is 0.0222. The molecule has 6 nitrogen and oxygen atoms in total. The van der Waals surface area contributed by atoms with Gasteiger partial charge in [-0.15, -0.1) is 22.7 Å². The van der Waals surface area contributed by atoms with Crippen molar-refractivity contribution < 1.29 is 14.4 Å². The zero-order valence-electron chi connectivity index (χ0n) is 16.8. The van der Waals surface area contributed by atoms with Gasteiger partial charge in [-0.1, -0.05) is 18.9 Å². The van der Waals surface area contributed by atoms with Crippen molar-refractivity contribution in [1.82, 2.24) is 15.1 Å². The normalized spacial score (nSPS) is 22.6. The minimum atomic E-state index is -0.673. The fourth-order valence-electron chi connectivity index (χ4n) is 5.07. The quantitative estimate of drug-likeness (QED) is 0.712. The Balaban J connectivity index is 1.24. The zero-order valence-corrected chi connectivity index (χ0v) is 18.4. The van der Waals surface area contributed by atoms with Crippen molar-refractivity contribution in [3.63, 3.8) is 0 Å². The molecule has 2 aliphatic heterocycles. The van der Waals surface area contributed by atoms with E-state index in [4.69, 9.17) is 0 Å². The van der Waals surface area contributed by atoms with Crippen molar-refractivity contribution in [3.8, 4) is 0 Å². The Morgan fingerprint density at radius 3 is 2.77 bits per heavy atom. The number of fused-ring (bicyclic) bond motifs is 1. The number of amides is 4. The van der Waals surface area contributed by atoms with Gasteiger partial charge in [-0.05, 0) is 54.1 Å². The monoisotopic (exact) mass is 443 g/mol. The molecule has 2 fully saturated rings. The fourth-order valence-corrected chi connectivity index (χ4v) is 6.83. The molecule has 0 radical (unpaired) electrons. The van der Waals surface area contributed by atoms with E-state index in [9.17, 15) is 14.4 Å². The maximum atomic E-state index is 13.2. The van der Waals surface area contributed by atoms with Gasteiger partial charge < -0.3 is 10.2 Å². The Kier molecular flexibility index (Phi) is 5.14. The highest BCUT2D eigenvalue weighted by molar-refractivity contribution is 7.10. The number of nitrogens with zero attached hydrogens (tertiary/aromatic N) is 2. The number of rotatable bonds is 5. The van der Waals surface area contributed by atoms with Gasteiger partial charge >= 0.3 is 6.03 Å². The minimum Gasteiger partial charge on any atom is -0.330 e. The first-order valence-corrected chi connectivity index (χ1v) is 12.4. The molecule has 30 heavy (non-hydrogen) atoms. The molecule has 8 heteroatoms. The summed E-state index contributed by atoms with van der Waals surface area (Å²) >= 11 is 3.44. The van der Waals surface area contributed by atoms with Crippen LogP contribution < -0.4 is 5.32 Å². The topological polar surface area (TPSA) is 69.7 Å². The molecular formula is C22H25N3O3S2. The Morgan fingerprint density at radius 2 is 2.00 bits per heavy atom. The van der Waals surface area contributed by atoms with E-state index in [-0.39, 0.29) is 23.9 Å². The van der Waals surface area contributed by atoms with Crippen LogP contribution in [0.25, 0.3) is 0 Å². The zero-order chi connectivity index (χ0) is 20.7. The fraction of sp³-hybridized carbons (Fsp3) is 0.500. The molecule has 1 atom stereocenters. The summed E-state index contributed by atoms with van der Waals surface area (Å²) in [6.07, 6.45) is 5.13. The first-order chi connectivity index (χ1) is 14.6. The molecule has 1 saturated heterocycles. The summed E-state index contributed by atoms with van der Waals surface area (Å²) in [5, 5.41) is 7.07. The van der Waals surface area contributed by atoms with Gasteiger partial charge in [-0.25, -0.2) is 4.79 Å². The summed E-state index contributed by atoms with van der Waals surface area (Å²) in [4.78, 5) is 44.1. The summed E-state index contributed by atoms with van der Waals surface area (Å²) in [7, 11) is 0. The van der Waals surface area contributed by atoms with Gasteiger partial charge in [0.25, 0.3) is 5.91 Å². The highest BCUT2D eigenvalue weighted by Gasteiger charge is 2.52. The van der Waals surface area contributed by atoms with Crippen LogP contribution in [-0.4, -0.2) is 46.3 Å². The van der Waals surface area contributed by atoms with E-state index in [0.29, 0.717) is 25.9 Å². The van der Waals surface area contributed by atoms with E-state index in [1.807, 2.05) is 11.0 Å². The van der Waals surface area contributed by atoms with Gasteiger partial charge in [-0.3, -0.25) is 14.5 Å². The lowest BCUT2D eigenvalue weighted by atomic mass is 9.97. The van der Waals surface area contributed by atoms with E-state index in [0.717, 1.165) is 32.1 Å². The van der Waals surface area contributed by atoms with Crippen molar-refractivity contribution in [1.29, 1.82) is 0 Å². The highest BCUT2D eigenvalue weighted by Crippen LogP contribution is 2.40. The molecule has 4 heterocycles. The molecule has 5 rings (SSSR count). The summed E-state index contributed by atoms with van der Waals surface area (Å²) in [5.74, 6) is -0.0114. The van der Waals surface area contributed by atoms with Crippen molar-refractivity contribution >= 4 is 40.5 Å². The summed E-state index contributed by atoms with van der Waals surface area (Å²) < 4.78 is 0. The first-order valence-electron chi connectivity index (χ1n) is 10.6. The molecular weight excluding hydrogens is 418 g/mol. The molecule has 2 aromatic rings. The molecule has 3 aliphatic rings. The van der Waals surface area contributed by atoms with Crippen LogP contribution in [-0.2, 0) is 16.0 Å². The molecule has 1 aliphatic carbocycles. The largest absolute Gasteiger partial charge is 0.330 e. The van der Waals surface area contributed by atoms with Gasteiger partial charge in [0.1, 0.15) is 5.54 Å². The Hall–Kier alpha value is -2.19. The molecule has 4 amide bonds. The van der Waals surface area contributed by atoms with Crippen molar-refractivity contribution in [2.45, 2.75) is 56.5 Å². The number of nitrogens with one attached hydrogen (secondary N) is 1.